The van der Waals surface area contributed by atoms with Gasteiger partial charge in [0.1, 0.15) is 17.0 Å². The van der Waals surface area contributed by atoms with E-state index in [-0.39, 0.29) is 23.4 Å². The molecule has 0 N–H and O–H groups in total. The molecule has 236 valence electrons. The molecule has 3 rings (SSSR count). The summed E-state index contributed by atoms with van der Waals surface area (Å²) < 4.78 is 39.9. The Kier molecular flexibility index (Phi) is 10.3. The van der Waals surface area contributed by atoms with Crippen LogP contribution in [0.5, 0.6) is 5.75 Å². The fourth-order valence-electron chi connectivity index (χ4n) is 7.27. The van der Waals surface area contributed by atoms with Crippen LogP contribution >= 0.6 is 0 Å². The van der Waals surface area contributed by atoms with Crippen LogP contribution in [0.1, 0.15) is 98.4 Å². The van der Waals surface area contributed by atoms with Crippen molar-refractivity contribution in [1.82, 2.24) is 13.5 Å². The van der Waals surface area contributed by atoms with Crippen LogP contribution in [-0.4, -0.2) is 67.6 Å². The van der Waals surface area contributed by atoms with Crippen LogP contribution in [0.3, 0.4) is 0 Å². The van der Waals surface area contributed by atoms with E-state index in [0.29, 0.717) is 57.9 Å². The van der Waals surface area contributed by atoms with E-state index >= 15 is 0 Å². The lowest BCUT2D eigenvalue weighted by Crippen LogP contribution is -2.51. The number of Topliss-reactive ketones (excluding diaryl/α,β-unsaturated/α-hetero) is 1. The molecular weight excluding hydrogens is 571 g/mol. The second-order valence-electron chi connectivity index (χ2n) is 13.8. The van der Waals surface area contributed by atoms with E-state index in [0.717, 1.165) is 11.0 Å². The summed E-state index contributed by atoms with van der Waals surface area (Å²) in [4.78, 5) is 31.3. The van der Waals surface area contributed by atoms with Gasteiger partial charge in [0.05, 0.1) is 24.6 Å². The Morgan fingerprint density at radius 1 is 1.05 bits per heavy atom. The van der Waals surface area contributed by atoms with Crippen molar-refractivity contribution in [3.8, 4) is 5.75 Å². The molecule has 1 amide bonds. The highest BCUT2D eigenvalue weighted by atomic mass is 32.2. The van der Waals surface area contributed by atoms with Crippen molar-refractivity contribution in [2.75, 3.05) is 19.9 Å². The number of hydrogen-bond donors (Lipinski definition) is 0. The Morgan fingerprint density at radius 2 is 1.60 bits per heavy atom. The van der Waals surface area contributed by atoms with Crippen LogP contribution in [0.15, 0.2) is 18.5 Å². The summed E-state index contributed by atoms with van der Waals surface area (Å²) in [6.07, 6.45) is 5.24. The van der Waals surface area contributed by atoms with Gasteiger partial charge in [-0.15, -0.1) is 0 Å². The van der Waals surface area contributed by atoms with Crippen LogP contribution < -0.4 is 4.74 Å². The molecule has 0 bridgehead atoms. The van der Waals surface area contributed by atoms with Crippen molar-refractivity contribution in [1.29, 1.82) is 0 Å². The molecule has 1 aliphatic rings. The van der Waals surface area contributed by atoms with Gasteiger partial charge < -0.3 is 13.7 Å². The zero-order chi connectivity index (χ0) is 31.8. The molecule has 0 atom stereocenters. The van der Waals surface area contributed by atoms with E-state index < -0.39 is 30.0 Å². The van der Waals surface area contributed by atoms with Crippen molar-refractivity contribution in [2.24, 2.45) is 11.8 Å². The number of hydrogen-bond acceptors (Lipinski definition) is 7. The summed E-state index contributed by atoms with van der Waals surface area (Å²) in [7, 11) is -3.14. The average molecular weight is 622 g/mol. The van der Waals surface area contributed by atoms with Crippen molar-refractivity contribution in [2.45, 2.75) is 110 Å². The molecule has 2 aromatic rings. The summed E-state index contributed by atoms with van der Waals surface area (Å²) in [6.45, 7) is 18.9. The fourth-order valence-corrected chi connectivity index (χ4v) is 15.2. The Balaban J connectivity index is 1.86. The monoisotopic (exact) mass is 621 g/mol. The molecule has 0 spiro atoms. The molecule has 0 radical (unpaired) electrons. The molecular formula is C31H51N3O6SSi. The number of rotatable bonds is 10. The smallest absolute Gasteiger partial charge is 0.423 e. The molecule has 2 heterocycles. The van der Waals surface area contributed by atoms with Crippen molar-refractivity contribution in [3.05, 3.63) is 24.0 Å². The molecule has 9 nitrogen and oxygen atoms in total. The Morgan fingerprint density at radius 3 is 2.07 bits per heavy atom. The van der Waals surface area contributed by atoms with Gasteiger partial charge in [-0.05, 0) is 81.3 Å². The first-order valence-corrected chi connectivity index (χ1v) is 19.0. The van der Waals surface area contributed by atoms with E-state index in [1.165, 1.54) is 7.05 Å². The first kappa shape index (κ1) is 34.1. The number of carbonyl (C=O) groups excluding carboxylic acids is 2. The topological polar surface area (TPSA) is 108 Å². The van der Waals surface area contributed by atoms with Gasteiger partial charge in [-0.1, -0.05) is 41.5 Å². The predicted octanol–water partition coefficient (Wildman–Crippen LogP) is 7.25. The summed E-state index contributed by atoms with van der Waals surface area (Å²) in [5.41, 5.74) is 2.03. The van der Waals surface area contributed by atoms with Crippen LogP contribution in [0.2, 0.25) is 16.6 Å². The number of amides is 1. The average Bonchev–Trinajstić information content (AvgIpc) is 3.30. The van der Waals surface area contributed by atoms with Gasteiger partial charge in [0, 0.05) is 18.4 Å². The zero-order valence-corrected chi connectivity index (χ0v) is 29.2. The lowest BCUT2D eigenvalue weighted by Gasteiger charge is -2.44. The van der Waals surface area contributed by atoms with E-state index in [2.05, 4.69) is 52.0 Å². The molecule has 11 heteroatoms. The fraction of sp³-hybridized carbons (Fsp3) is 0.710. The normalized spacial score (nSPS) is 18.6. The molecule has 0 saturated heterocycles. The number of ether oxygens (including phenoxy) is 2. The number of pyridine rings is 1. The first-order chi connectivity index (χ1) is 19.4. The summed E-state index contributed by atoms with van der Waals surface area (Å²) in [5.74, 6) is -0.0338. The predicted molar refractivity (Wildman–Crippen MR) is 170 cm³/mol. The van der Waals surface area contributed by atoms with Crippen LogP contribution in [0.25, 0.3) is 11.0 Å². The highest BCUT2D eigenvalue weighted by molar-refractivity contribution is 7.89. The second-order valence-corrected chi connectivity index (χ2v) is 21.5. The van der Waals surface area contributed by atoms with E-state index in [1.54, 1.807) is 34.1 Å². The van der Waals surface area contributed by atoms with Crippen LogP contribution in [0, 0.1) is 11.8 Å². The van der Waals surface area contributed by atoms with Gasteiger partial charge >= 0.3 is 6.09 Å². The minimum Gasteiger partial charge on any atom is -0.494 e. The molecule has 0 aliphatic heterocycles. The third-order valence-electron chi connectivity index (χ3n) is 9.07. The van der Waals surface area contributed by atoms with Gasteiger partial charge in [-0.25, -0.2) is 22.5 Å². The third-order valence-corrected chi connectivity index (χ3v) is 17.7. The number of fused-ring (bicyclic) bond motifs is 1. The quantitative estimate of drug-likeness (QED) is 0.203. The lowest BCUT2D eigenvalue weighted by molar-refractivity contribution is 0.0420. The lowest BCUT2D eigenvalue weighted by atomic mass is 9.79. The number of nitrogens with zero attached hydrogens (tertiary/aromatic N) is 3. The van der Waals surface area contributed by atoms with Crippen molar-refractivity contribution in [3.63, 3.8) is 0 Å². The maximum Gasteiger partial charge on any atom is 0.423 e. The number of ketones is 1. The van der Waals surface area contributed by atoms with Gasteiger partial charge in [0.25, 0.3) is 0 Å². The highest BCUT2D eigenvalue weighted by Crippen LogP contribution is 2.45. The molecule has 0 unspecified atom stereocenters. The van der Waals surface area contributed by atoms with E-state index in [4.69, 9.17) is 14.5 Å². The van der Waals surface area contributed by atoms with Crippen molar-refractivity contribution >= 4 is 41.2 Å². The Hall–Kier alpha value is -2.40. The second kappa shape index (κ2) is 12.7. The summed E-state index contributed by atoms with van der Waals surface area (Å²) >= 11 is 0. The Labute approximate surface area is 253 Å². The number of aromatic nitrogens is 2. The largest absolute Gasteiger partial charge is 0.494 e. The summed E-state index contributed by atoms with van der Waals surface area (Å²) in [6, 6.07) is 2.03. The Bertz CT molecular complexity index is 1360. The first-order valence-electron chi connectivity index (χ1n) is 15.2. The van der Waals surface area contributed by atoms with E-state index in [9.17, 15) is 18.0 Å². The number of carbonyl (C=O) groups is 2. The zero-order valence-electron chi connectivity index (χ0n) is 27.4. The molecule has 1 saturated carbocycles. The maximum atomic E-state index is 14.1. The van der Waals surface area contributed by atoms with Crippen molar-refractivity contribution < 1.29 is 27.5 Å². The maximum absolute atomic E-state index is 14.1. The minimum absolute atomic E-state index is 0.0232. The van der Waals surface area contributed by atoms with Gasteiger partial charge in [0.15, 0.2) is 14.0 Å². The van der Waals surface area contributed by atoms with Crippen LogP contribution in [-0.2, 0) is 14.8 Å². The molecule has 0 aromatic carbocycles. The van der Waals surface area contributed by atoms with Crippen LogP contribution in [0.4, 0.5) is 4.79 Å². The molecule has 42 heavy (non-hydrogen) atoms. The number of sulfonamides is 1. The highest BCUT2D eigenvalue weighted by Gasteiger charge is 2.46. The molecule has 1 fully saturated rings. The molecule has 2 aromatic heterocycles. The van der Waals surface area contributed by atoms with Gasteiger partial charge in [-0.2, -0.15) is 0 Å². The standard InChI is InChI=1S/C31H51N3O6SSi/c1-20(2)42(21(3)4,22(5)6)34-17-16-25-27(26(39-11)18-32-29(25)34)28(35)24-14-12-23(13-15-24)19-41(37,38)33(10)30(36)40-31(7,8)9/h16-18,20-24H,12-15,19H2,1-11H3/t23-,24-. The number of methoxy groups -OCH3 is 1. The summed E-state index contributed by atoms with van der Waals surface area (Å²) in [5, 5.41) is 0.821. The third kappa shape index (κ3) is 6.56. The minimum atomic E-state index is -3.85. The molecule has 1 aliphatic carbocycles. The van der Waals surface area contributed by atoms with Gasteiger partial charge in [0.2, 0.25) is 10.0 Å². The van der Waals surface area contributed by atoms with Gasteiger partial charge in [-0.3, -0.25) is 4.79 Å². The SMILES string of the molecule is COc1cnc2c(ccn2[Si](C(C)C)(C(C)C)C(C)C)c1C(=O)[C@H]1CC[C@H](CS(=O)(=O)N(C)C(=O)OC(C)(C)C)CC1. The van der Waals surface area contributed by atoms with E-state index in [1.807, 2.05) is 6.07 Å².